The van der Waals surface area contributed by atoms with E-state index in [1.807, 2.05) is 42.7 Å². The quantitative estimate of drug-likeness (QED) is 0.890. The van der Waals surface area contributed by atoms with Crippen molar-refractivity contribution in [3.8, 4) is 5.82 Å². The summed E-state index contributed by atoms with van der Waals surface area (Å²) in [6.07, 6.45) is 4.02. The van der Waals surface area contributed by atoms with Gasteiger partial charge in [-0.25, -0.2) is 4.98 Å². The first-order valence-electron chi connectivity index (χ1n) is 8.26. The average molecular weight is 312 g/mol. The van der Waals surface area contributed by atoms with E-state index in [1.54, 1.807) is 6.20 Å². The van der Waals surface area contributed by atoms with Gasteiger partial charge in [0.1, 0.15) is 5.82 Å². The number of nitrogens with one attached hydrogen (secondary N) is 2. The van der Waals surface area contributed by atoms with Crippen molar-refractivity contribution >= 4 is 5.91 Å². The normalized spacial score (nSPS) is 17.4. The van der Waals surface area contributed by atoms with Crippen LogP contribution < -0.4 is 10.6 Å². The van der Waals surface area contributed by atoms with E-state index in [-0.39, 0.29) is 5.91 Å². The fraction of sp³-hybridized carbons (Fsp3) is 0.444. The van der Waals surface area contributed by atoms with Crippen molar-refractivity contribution in [3.63, 3.8) is 0 Å². The minimum Gasteiger partial charge on any atom is -0.352 e. The molecule has 3 rings (SSSR count). The maximum absolute atomic E-state index is 12.5. The number of pyridine rings is 1. The first-order chi connectivity index (χ1) is 11.2. The first-order valence-corrected chi connectivity index (χ1v) is 8.26. The second-order valence-electron chi connectivity index (χ2n) is 6.21. The molecule has 0 aromatic carbocycles. The Morgan fingerprint density at radius 1 is 1.43 bits per heavy atom. The monoisotopic (exact) mass is 312 g/mol. The van der Waals surface area contributed by atoms with Gasteiger partial charge in [0.15, 0.2) is 0 Å². The van der Waals surface area contributed by atoms with Crippen LogP contribution in [0.4, 0.5) is 0 Å². The average Bonchev–Trinajstić information content (AvgIpc) is 3.16. The molecule has 1 fully saturated rings. The summed E-state index contributed by atoms with van der Waals surface area (Å²) in [6.45, 7) is 6.88. The van der Waals surface area contributed by atoms with Crippen LogP contribution in [-0.4, -0.2) is 35.1 Å². The van der Waals surface area contributed by atoms with Crippen molar-refractivity contribution < 1.29 is 4.79 Å². The zero-order valence-electron chi connectivity index (χ0n) is 13.8. The lowest BCUT2D eigenvalue weighted by Gasteiger charge is -2.10. The van der Waals surface area contributed by atoms with Crippen LogP contribution in [-0.2, 0) is 0 Å². The summed E-state index contributed by atoms with van der Waals surface area (Å²) < 4.78 is 2.02. The van der Waals surface area contributed by atoms with E-state index in [9.17, 15) is 4.79 Å². The molecular formula is C18H24N4O. The lowest BCUT2D eigenvalue weighted by atomic mass is 10.1. The van der Waals surface area contributed by atoms with E-state index >= 15 is 0 Å². The molecule has 0 bridgehead atoms. The van der Waals surface area contributed by atoms with E-state index in [1.165, 1.54) is 6.42 Å². The number of aryl methyl sites for hydroxylation is 1. The van der Waals surface area contributed by atoms with Crippen LogP contribution in [0.25, 0.3) is 5.82 Å². The summed E-state index contributed by atoms with van der Waals surface area (Å²) >= 11 is 0. The molecule has 0 spiro atoms. The van der Waals surface area contributed by atoms with Gasteiger partial charge in [-0.3, -0.25) is 4.79 Å². The third-order valence-corrected chi connectivity index (χ3v) is 4.55. The van der Waals surface area contributed by atoms with Gasteiger partial charge in [0.05, 0.1) is 5.56 Å². The summed E-state index contributed by atoms with van der Waals surface area (Å²) in [5, 5.41) is 6.42. The molecule has 1 saturated heterocycles. The zero-order chi connectivity index (χ0) is 16.2. The molecular weight excluding hydrogens is 288 g/mol. The van der Waals surface area contributed by atoms with Crippen LogP contribution in [0.2, 0.25) is 0 Å². The topological polar surface area (TPSA) is 59.0 Å². The van der Waals surface area contributed by atoms with Crippen molar-refractivity contribution in [2.45, 2.75) is 26.7 Å². The fourth-order valence-electron chi connectivity index (χ4n) is 3.28. The molecule has 2 N–H and O–H groups in total. The maximum atomic E-state index is 12.5. The van der Waals surface area contributed by atoms with Crippen molar-refractivity contribution in [2.24, 2.45) is 5.92 Å². The highest BCUT2D eigenvalue weighted by molar-refractivity contribution is 5.95. The lowest BCUT2D eigenvalue weighted by molar-refractivity contribution is 0.0951. The molecule has 0 radical (unpaired) electrons. The molecule has 23 heavy (non-hydrogen) atoms. The summed E-state index contributed by atoms with van der Waals surface area (Å²) in [7, 11) is 0. The maximum Gasteiger partial charge on any atom is 0.253 e. The summed E-state index contributed by atoms with van der Waals surface area (Å²) in [5.74, 6) is 1.54. The van der Waals surface area contributed by atoms with Crippen molar-refractivity contribution in [1.29, 1.82) is 0 Å². The van der Waals surface area contributed by atoms with Gasteiger partial charge < -0.3 is 15.2 Å². The van der Waals surface area contributed by atoms with Gasteiger partial charge in [-0.15, -0.1) is 0 Å². The molecule has 3 heterocycles. The minimum absolute atomic E-state index is 0.00578. The summed E-state index contributed by atoms with van der Waals surface area (Å²) in [6, 6.07) is 7.74. The van der Waals surface area contributed by atoms with E-state index < -0.39 is 0 Å². The fourth-order valence-corrected chi connectivity index (χ4v) is 3.28. The smallest absolute Gasteiger partial charge is 0.253 e. The molecule has 1 aliphatic heterocycles. The van der Waals surface area contributed by atoms with Crippen LogP contribution in [0.1, 0.15) is 34.6 Å². The van der Waals surface area contributed by atoms with E-state index in [2.05, 4.69) is 15.6 Å². The number of rotatable bonds is 5. The summed E-state index contributed by atoms with van der Waals surface area (Å²) in [4.78, 5) is 16.9. The van der Waals surface area contributed by atoms with Crippen molar-refractivity contribution in [3.05, 3.63) is 47.4 Å². The standard InChI is InChI=1S/C18H24N4O/c1-13-11-16(14(2)22(13)17-5-3-4-8-20-17)18(23)21-10-7-15-6-9-19-12-15/h3-5,8,11,15,19H,6-7,9-10,12H2,1-2H3,(H,21,23). The lowest BCUT2D eigenvalue weighted by Crippen LogP contribution is -2.26. The van der Waals surface area contributed by atoms with Gasteiger partial charge in [0.2, 0.25) is 0 Å². The number of carbonyl (C=O) groups excluding carboxylic acids is 1. The van der Waals surface area contributed by atoms with Crippen LogP contribution in [0.3, 0.4) is 0 Å². The van der Waals surface area contributed by atoms with Gasteiger partial charge in [-0.2, -0.15) is 0 Å². The molecule has 1 atom stereocenters. The van der Waals surface area contributed by atoms with Crippen LogP contribution in [0, 0.1) is 19.8 Å². The SMILES string of the molecule is Cc1cc(C(=O)NCCC2CCNC2)c(C)n1-c1ccccn1. The van der Waals surface area contributed by atoms with Crippen molar-refractivity contribution in [1.82, 2.24) is 20.2 Å². The molecule has 0 aliphatic carbocycles. The Labute approximate surface area is 137 Å². The zero-order valence-corrected chi connectivity index (χ0v) is 13.8. The Balaban J connectivity index is 1.69. The highest BCUT2D eigenvalue weighted by Crippen LogP contribution is 2.19. The van der Waals surface area contributed by atoms with Crippen LogP contribution >= 0.6 is 0 Å². The molecule has 2 aromatic rings. The van der Waals surface area contributed by atoms with Gasteiger partial charge in [0, 0.05) is 24.1 Å². The second kappa shape index (κ2) is 6.96. The van der Waals surface area contributed by atoms with Gasteiger partial charge in [0.25, 0.3) is 5.91 Å². The molecule has 5 heteroatoms. The van der Waals surface area contributed by atoms with Gasteiger partial charge in [-0.1, -0.05) is 6.07 Å². The predicted octanol–water partition coefficient (Wildman–Crippen LogP) is 2.22. The van der Waals surface area contributed by atoms with E-state index in [0.29, 0.717) is 5.92 Å². The number of amides is 1. The third-order valence-electron chi connectivity index (χ3n) is 4.55. The Hall–Kier alpha value is -2.14. The van der Waals surface area contributed by atoms with Crippen LogP contribution in [0.5, 0.6) is 0 Å². The first kappa shape index (κ1) is 15.7. The number of aromatic nitrogens is 2. The molecule has 5 nitrogen and oxygen atoms in total. The number of hydrogen-bond donors (Lipinski definition) is 2. The van der Waals surface area contributed by atoms with Gasteiger partial charge in [-0.05, 0) is 63.9 Å². The molecule has 1 aliphatic rings. The second-order valence-corrected chi connectivity index (χ2v) is 6.21. The van der Waals surface area contributed by atoms with Gasteiger partial charge >= 0.3 is 0 Å². The van der Waals surface area contributed by atoms with E-state index in [0.717, 1.165) is 48.8 Å². The predicted molar refractivity (Wildman–Crippen MR) is 91.0 cm³/mol. The Morgan fingerprint density at radius 2 is 2.30 bits per heavy atom. The van der Waals surface area contributed by atoms with E-state index in [4.69, 9.17) is 0 Å². The molecule has 1 amide bonds. The largest absolute Gasteiger partial charge is 0.352 e. The minimum atomic E-state index is 0.00578. The molecule has 1 unspecified atom stereocenters. The Bertz CT molecular complexity index is 672. The number of nitrogens with zero attached hydrogens (tertiary/aromatic N) is 2. The highest BCUT2D eigenvalue weighted by Gasteiger charge is 2.18. The highest BCUT2D eigenvalue weighted by atomic mass is 16.1. The summed E-state index contributed by atoms with van der Waals surface area (Å²) in [5.41, 5.74) is 2.69. The molecule has 0 saturated carbocycles. The van der Waals surface area contributed by atoms with Crippen molar-refractivity contribution in [2.75, 3.05) is 19.6 Å². The van der Waals surface area contributed by atoms with Crippen LogP contribution in [0.15, 0.2) is 30.5 Å². The molecule has 122 valence electrons. The Kier molecular flexibility index (Phi) is 4.76. The number of carbonyl (C=O) groups is 1. The number of hydrogen-bond acceptors (Lipinski definition) is 3. The third kappa shape index (κ3) is 3.45. The molecule has 2 aromatic heterocycles. The Morgan fingerprint density at radius 3 is 3.00 bits per heavy atom.